The number of non-ortho nitro benzene ring substituents is 1. The number of nitriles is 1. The molecule has 0 unspecified atom stereocenters. The minimum absolute atomic E-state index is 0.0419. The van der Waals surface area contributed by atoms with Crippen LogP contribution in [-0.2, 0) is 4.79 Å². The van der Waals surface area contributed by atoms with E-state index in [1.54, 1.807) is 17.1 Å². The average Bonchev–Trinajstić information content (AvgIpc) is 2.76. The number of benzene rings is 2. The number of para-hydroxylation sites is 1. The second-order valence-corrected chi connectivity index (χ2v) is 7.14. The minimum Gasteiger partial charge on any atom is -0.383 e. The molecule has 0 spiro atoms. The van der Waals surface area contributed by atoms with Crippen molar-refractivity contribution < 1.29 is 9.72 Å². The number of hydrazine groups is 1. The molecule has 0 aromatic heterocycles. The van der Waals surface area contributed by atoms with Crippen LogP contribution < -0.4 is 11.2 Å². The predicted molar refractivity (Wildman–Crippen MR) is 110 cm³/mol. The van der Waals surface area contributed by atoms with E-state index >= 15 is 0 Å². The summed E-state index contributed by atoms with van der Waals surface area (Å²) in [7, 11) is 0. The lowest BCUT2D eigenvalue weighted by Crippen LogP contribution is -2.41. The van der Waals surface area contributed by atoms with Crippen molar-refractivity contribution in [2.45, 2.75) is 25.2 Å². The first-order chi connectivity index (χ1) is 14.5. The summed E-state index contributed by atoms with van der Waals surface area (Å²) in [5.41, 5.74) is 12.5. The fraction of sp³-hybridized carbons (Fsp3) is 0.182. The molecular formula is C22H19N5O3. The fourth-order valence-corrected chi connectivity index (χ4v) is 3.98. The maximum atomic E-state index is 13.0. The van der Waals surface area contributed by atoms with Gasteiger partial charge in [0, 0.05) is 29.8 Å². The van der Waals surface area contributed by atoms with Crippen molar-refractivity contribution in [3.63, 3.8) is 0 Å². The summed E-state index contributed by atoms with van der Waals surface area (Å²) in [4.78, 5) is 23.5. The highest BCUT2D eigenvalue weighted by Crippen LogP contribution is 2.44. The fourth-order valence-electron chi connectivity index (χ4n) is 3.98. The van der Waals surface area contributed by atoms with Crippen LogP contribution in [0.1, 0.15) is 30.7 Å². The monoisotopic (exact) mass is 401 g/mol. The zero-order valence-corrected chi connectivity index (χ0v) is 16.0. The first kappa shape index (κ1) is 19.2. The Hall–Kier alpha value is -4.12. The first-order valence-corrected chi connectivity index (χ1v) is 9.53. The van der Waals surface area contributed by atoms with Gasteiger partial charge in [0.1, 0.15) is 5.82 Å². The molecular weight excluding hydrogens is 382 g/mol. The standard InChI is InChI=1S/C22H19N5O3/c23-13-17-20(14-9-11-16(12-10-14)27(29)30)21-18(7-4-8-19(21)28)26(22(17)24)25-15-5-2-1-3-6-15/h1-3,5-6,9-12,20,25H,4,7-8,24H2/t20-/m1/s1. The second-order valence-electron chi connectivity index (χ2n) is 7.14. The normalized spacial score (nSPS) is 18.7. The first-order valence-electron chi connectivity index (χ1n) is 9.53. The molecule has 1 heterocycles. The summed E-state index contributed by atoms with van der Waals surface area (Å²) in [6, 6.07) is 17.5. The summed E-state index contributed by atoms with van der Waals surface area (Å²) in [5, 5.41) is 22.5. The molecule has 0 bridgehead atoms. The number of nitrogens with two attached hydrogens (primary N) is 1. The lowest BCUT2D eigenvalue weighted by molar-refractivity contribution is -0.384. The SMILES string of the molecule is N#CC1=C(N)N(Nc2ccccc2)C2=C(C(=O)CCC2)[C@@H]1c1ccc([N+](=O)[O-])cc1. The lowest BCUT2D eigenvalue weighted by Gasteiger charge is -2.39. The Morgan fingerprint density at radius 2 is 1.83 bits per heavy atom. The number of ketones is 1. The Labute approximate surface area is 173 Å². The van der Waals surface area contributed by atoms with Crippen LogP contribution in [0.25, 0.3) is 0 Å². The van der Waals surface area contributed by atoms with Gasteiger partial charge in [0.25, 0.3) is 5.69 Å². The van der Waals surface area contributed by atoms with Crippen molar-refractivity contribution in [3.8, 4) is 6.07 Å². The third kappa shape index (κ3) is 3.26. The largest absolute Gasteiger partial charge is 0.383 e. The minimum atomic E-state index is -0.646. The number of carbonyl (C=O) groups is 1. The topological polar surface area (TPSA) is 125 Å². The van der Waals surface area contributed by atoms with Gasteiger partial charge in [-0.15, -0.1) is 0 Å². The Bertz CT molecular complexity index is 1110. The number of nitro benzene ring substituents is 1. The van der Waals surface area contributed by atoms with Crippen LogP contribution in [0, 0.1) is 21.4 Å². The number of nitro groups is 1. The third-order valence-electron chi connectivity index (χ3n) is 5.37. The molecule has 8 heteroatoms. The highest BCUT2D eigenvalue weighted by atomic mass is 16.6. The molecule has 0 fully saturated rings. The Morgan fingerprint density at radius 1 is 1.13 bits per heavy atom. The summed E-state index contributed by atoms with van der Waals surface area (Å²) >= 11 is 0. The lowest BCUT2D eigenvalue weighted by atomic mass is 9.76. The number of anilines is 1. The number of nitrogens with zero attached hydrogens (tertiary/aromatic N) is 3. The van der Waals surface area contributed by atoms with E-state index in [0.29, 0.717) is 30.4 Å². The maximum absolute atomic E-state index is 13.0. The summed E-state index contributed by atoms with van der Waals surface area (Å²) in [5.74, 6) is -0.467. The van der Waals surface area contributed by atoms with Crippen molar-refractivity contribution in [2.24, 2.45) is 5.73 Å². The van der Waals surface area contributed by atoms with Crippen LogP contribution in [0.4, 0.5) is 11.4 Å². The third-order valence-corrected chi connectivity index (χ3v) is 5.37. The molecule has 0 radical (unpaired) electrons. The van der Waals surface area contributed by atoms with E-state index < -0.39 is 10.8 Å². The van der Waals surface area contributed by atoms with Gasteiger partial charge in [-0.3, -0.25) is 20.3 Å². The number of hydrogen-bond acceptors (Lipinski definition) is 7. The van der Waals surface area contributed by atoms with Gasteiger partial charge in [0.15, 0.2) is 5.78 Å². The van der Waals surface area contributed by atoms with Crippen LogP contribution >= 0.6 is 0 Å². The molecule has 150 valence electrons. The van der Waals surface area contributed by atoms with Gasteiger partial charge in [-0.1, -0.05) is 30.3 Å². The van der Waals surface area contributed by atoms with Gasteiger partial charge >= 0.3 is 0 Å². The molecule has 4 rings (SSSR count). The van der Waals surface area contributed by atoms with Gasteiger partial charge in [-0.25, -0.2) is 5.01 Å². The molecule has 8 nitrogen and oxygen atoms in total. The number of allylic oxidation sites excluding steroid dienone is 3. The van der Waals surface area contributed by atoms with E-state index in [9.17, 15) is 20.2 Å². The second kappa shape index (κ2) is 7.72. The van der Waals surface area contributed by atoms with Crippen molar-refractivity contribution in [3.05, 3.63) is 92.9 Å². The Kier molecular flexibility index (Phi) is 4.94. The zero-order chi connectivity index (χ0) is 21.3. The van der Waals surface area contributed by atoms with Crippen molar-refractivity contribution in [1.29, 1.82) is 5.26 Å². The van der Waals surface area contributed by atoms with Crippen LogP contribution in [0.5, 0.6) is 0 Å². The molecule has 1 aliphatic carbocycles. The predicted octanol–water partition coefficient (Wildman–Crippen LogP) is 3.72. The van der Waals surface area contributed by atoms with Crippen molar-refractivity contribution in [1.82, 2.24) is 5.01 Å². The molecule has 2 aromatic carbocycles. The van der Waals surface area contributed by atoms with Gasteiger partial charge < -0.3 is 5.73 Å². The van der Waals surface area contributed by atoms with E-state index in [-0.39, 0.29) is 22.9 Å². The van der Waals surface area contributed by atoms with E-state index in [0.717, 1.165) is 11.4 Å². The molecule has 3 N–H and O–H groups in total. The van der Waals surface area contributed by atoms with Crippen LogP contribution in [-0.4, -0.2) is 15.7 Å². The smallest absolute Gasteiger partial charge is 0.269 e. The molecule has 0 saturated carbocycles. The highest BCUT2D eigenvalue weighted by molar-refractivity contribution is 5.99. The van der Waals surface area contributed by atoms with Crippen molar-refractivity contribution in [2.75, 3.05) is 5.43 Å². The maximum Gasteiger partial charge on any atom is 0.269 e. The molecule has 0 saturated heterocycles. The van der Waals surface area contributed by atoms with Crippen LogP contribution in [0.15, 0.2) is 77.3 Å². The van der Waals surface area contributed by atoms with Gasteiger partial charge in [0.2, 0.25) is 0 Å². The van der Waals surface area contributed by atoms with Crippen molar-refractivity contribution >= 4 is 17.2 Å². The summed E-state index contributed by atoms with van der Waals surface area (Å²) in [6.45, 7) is 0. The van der Waals surface area contributed by atoms with Crippen LogP contribution in [0.3, 0.4) is 0 Å². The summed E-state index contributed by atoms with van der Waals surface area (Å²) in [6.07, 6.45) is 1.71. The molecule has 2 aromatic rings. The molecule has 1 aliphatic heterocycles. The van der Waals surface area contributed by atoms with Gasteiger partial charge in [-0.05, 0) is 30.5 Å². The number of Topliss-reactive ketones (excluding diaryl/α,β-unsaturated/α-hetero) is 1. The molecule has 0 amide bonds. The highest BCUT2D eigenvalue weighted by Gasteiger charge is 2.40. The number of hydrogen-bond donors (Lipinski definition) is 2. The van der Waals surface area contributed by atoms with E-state index in [1.165, 1.54) is 12.1 Å². The van der Waals surface area contributed by atoms with E-state index in [1.807, 2.05) is 30.3 Å². The molecule has 30 heavy (non-hydrogen) atoms. The summed E-state index contributed by atoms with van der Waals surface area (Å²) < 4.78 is 0. The van der Waals surface area contributed by atoms with E-state index in [2.05, 4.69) is 11.5 Å². The number of nitrogens with one attached hydrogen (secondary N) is 1. The number of carbonyl (C=O) groups excluding carboxylic acids is 1. The van der Waals surface area contributed by atoms with Gasteiger partial charge in [-0.2, -0.15) is 5.26 Å². The average molecular weight is 401 g/mol. The van der Waals surface area contributed by atoms with E-state index in [4.69, 9.17) is 5.73 Å². The quantitative estimate of drug-likeness (QED) is 0.591. The zero-order valence-electron chi connectivity index (χ0n) is 16.0. The molecule has 1 atom stereocenters. The van der Waals surface area contributed by atoms with Gasteiger partial charge in [0.05, 0.1) is 28.2 Å². The number of rotatable bonds is 4. The Morgan fingerprint density at radius 3 is 2.47 bits per heavy atom. The van der Waals surface area contributed by atoms with Crippen LogP contribution in [0.2, 0.25) is 0 Å². The molecule has 2 aliphatic rings. The Balaban J connectivity index is 1.84.